The Morgan fingerprint density at radius 3 is 2.64 bits per heavy atom. The largest absolute Gasteiger partial charge is 0.482 e. The number of hydrogen-bond acceptors (Lipinski definition) is 3. The topological polar surface area (TPSA) is 47.6 Å². The summed E-state index contributed by atoms with van der Waals surface area (Å²) < 4.78 is 12.9. The molecule has 134 valence electrons. The molecular weight excluding hydrogens is 313 g/mol. The average Bonchev–Trinajstić information content (AvgIpc) is 2.91. The fraction of sp³-hybridized carbons (Fsp3) is 0.650. The maximum atomic E-state index is 11.7. The van der Waals surface area contributed by atoms with Gasteiger partial charge in [0.05, 0.1) is 17.6 Å². The van der Waals surface area contributed by atoms with Crippen molar-refractivity contribution in [3.05, 3.63) is 35.9 Å². The van der Waals surface area contributed by atoms with E-state index in [1.54, 1.807) is 6.92 Å². The minimum Gasteiger partial charge on any atom is -0.404 e. The van der Waals surface area contributed by atoms with Crippen LogP contribution < -0.4 is 5.32 Å². The van der Waals surface area contributed by atoms with Crippen LogP contribution in [-0.4, -0.2) is 30.7 Å². The van der Waals surface area contributed by atoms with Crippen molar-refractivity contribution in [1.82, 2.24) is 5.32 Å². The molecule has 1 saturated heterocycles. The Morgan fingerprint density at radius 1 is 1.28 bits per heavy atom. The van der Waals surface area contributed by atoms with Crippen LogP contribution in [0.3, 0.4) is 0 Å². The molecule has 4 fully saturated rings. The molecule has 4 aliphatic rings. The first-order valence-corrected chi connectivity index (χ1v) is 9.45. The van der Waals surface area contributed by atoms with Crippen molar-refractivity contribution in [2.45, 2.75) is 64.6 Å². The fourth-order valence-electron chi connectivity index (χ4n) is 5.42. The second-order valence-corrected chi connectivity index (χ2v) is 8.83. The summed E-state index contributed by atoms with van der Waals surface area (Å²) in [7, 11) is -0.380. The number of benzene rings is 1. The quantitative estimate of drug-likeness (QED) is 0.857. The molecular formula is C20H28BNO3. The Kier molecular flexibility index (Phi) is 4.00. The molecule has 25 heavy (non-hydrogen) atoms. The van der Waals surface area contributed by atoms with Crippen LogP contribution in [0.1, 0.15) is 46.1 Å². The Labute approximate surface area is 150 Å². The van der Waals surface area contributed by atoms with E-state index in [1.807, 2.05) is 18.2 Å². The summed E-state index contributed by atoms with van der Waals surface area (Å²) in [4.78, 5) is 11.7. The van der Waals surface area contributed by atoms with Gasteiger partial charge >= 0.3 is 7.12 Å². The molecule has 0 aromatic heterocycles. The summed E-state index contributed by atoms with van der Waals surface area (Å²) in [6.45, 7) is 8.49. The summed E-state index contributed by atoms with van der Waals surface area (Å²) >= 11 is 0. The van der Waals surface area contributed by atoms with Gasteiger partial charge in [0, 0.05) is 6.92 Å². The molecule has 1 N–H and O–H groups in total. The molecule has 1 heterocycles. The van der Waals surface area contributed by atoms with E-state index in [2.05, 4.69) is 38.2 Å². The minimum absolute atomic E-state index is 0.0437. The van der Waals surface area contributed by atoms with E-state index < -0.39 is 0 Å². The number of carbonyl (C=O) groups excluding carboxylic acids is 1. The van der Waals surface area contributed by atoms with Crippen molar-refractivity contribution in [2.75, 3.05) is 0 Å². The first kappa shape index (κ1) is 17.1. The van der Waals surface area contributed by atoms with Gasteiger partial charge in [0.15, 0.2) is 0 Å². The van der Waals surface area contributed by atoms with E-state index >= 15 is 0 Å². The third-order valence-electron chi connectivity index (χ3n) is 6.98. The summed E-state index contributed by atoms with van der Waals surface area (Å²) in [5.74, 6) is 1.05. The van der Waals surface area contributed by atoms with Gasteiger partial charge in [0.1, 0.15) is 0 Å². The van der Waals surface area contributed by atoms with Crippen molar-refractivity contribution in [1.29, 1.82) is 0 Å². The van der Waals surface area contributed by atoms with E-state index in [1.165, 1.54) is 12.0 Å². The van der Waals surface area contributed by atoms with Crippen molar-refractivity contribution in [2.24, 2.45) is 17.3 Å². The molecule has 4 nitrogen and oxygen atoms in total. The first-order valence-electron chi connectivity index (χ1n) is 9.45. The zero-order valence-electron chi connectivity index (χ0n) is 15.6. The molecule has 5 atom stereocenters. The highest BCUT2D eigenvalue weighted by atomic mass is 16.7. The lowest BCUT2D eigenvalue weighted by Gasteiger charge is -2.64. The summed E-state index contributed by atoms with van der Waals surface area (Å²) in [6.07, 6.45) is 3.15. The molecule has 0 spiro atoms. The number of rotatable bonds is 4. The fourth-order valence-corrected chi connectivity index (χ4v) is 5.42. The molecule has 1 aromatic rings. The number of amides is 1. The Balaban J connectivity index is 1.54. The zero-order chi connectivity index (χ0) is 17.8. The highest BCUT2D eigenvalue weighted by molar-refractivity contribution is 6.48. The van der Waals surface area contributed by atoms with Crippen LogP contribution in [0.5, 0.6) is 0 Å². The van der Waals surface area contributed by atoms with E-state index in [9.17, 15) is 4.79 Å². The van der Waals surface area contributed by atoms with Crippen LogP contribution in [0.4, 0.5) is 0 Å². The van der Waals surface area contributed by atoms with Crippen molar-refractivity contribution in [3.8, 4) is 0 Å². The zero-order valence-corrected chi connectivity index (χ0v) is 15.6. The molecule has 2 bridgehead atoms. The summed E-state index contributed by atoms with van der Waals surface area (Å²) in [5.41, 5.74) is 1.26. The Morgan fingerprint density at radius 2 is 2.00 bits per heavy atom. The standard InChI is InChI=1S/C20H28BNO3/c1-13(23)22-18(10-14-8-6-5-7-9-14)21-24-17-12-15-11-16(19(15,2)3)20(17,4)25-21/h5-9,15-18H,10-12H2,1-4H3,(H,22,23)/t15-,16-,17-,18+,20+/m1/s1. The average molecular weight is 341 g/mol. The van der Waals surface area contributed by atoms with Gasteiger partial charge in [-0.1, -0.05) is 44.2 Å². The monoisotopic (exact) mass is 341 g/mol. The third-order valence-corrected chi connectivity index (χ3v) is 6.98. The normalized spacial score (nSPS) is 36.3. The molecule has 5 rings (SSSR count). The maximum Gasteiger partial charge on any atom is 0.482 e. The van der Waals surface area contributed by atoms with Crippen LogP contribution in [0.25, 0.3) is 0 Å². The highest BCUT2D eigenvalue weighted by Gasteiger charge is 2.68. The molecule has 1 amide bonds. The Bertz CT molecular complexity index is 664. The lowest BCUT2D eigenvalue weighted by molar-refractivity contribution is -0.199. The predicted octanol–water partition coefficient (Wildman–Crippen LogP) is 3.00. The van der Waals surface area contributed by atoms with E-state index in [4.69, 9.17) is 9.31 Å². The highest BCUT2D eigenvalue weighted by Crippen LogP contribution is 2.65. The SMILES string of the molecule is CC(=O)N[C@@H](Cc1ccccc1)B1O[C@@H]2C[C@H]3C[C@H](C3(C)C)[C@]2(C)O1. The molecule has 0 radical (unpaired) electrons. The van der Waals surface area contributed by atoms with Gasteiger partial charge in [-0.3, -0.25) is 4.79 Å². The minimum atomic E-state index is -0.380. The van der Waals surface area contributed by atoms with Crippen LogP contribution in [0, 0.1) is 17.3 Å². The molecule has 3 saturated carbocycles. The van der Waals surface area contributed by atoms with Crippen LogP contribution in [0.15, 0.2) is 30.3 Å². The van der Waals surface area contributed by atoms with E-state index in [-0.39, 0.29) is 30.7 Å². The third kappa shape index (κ3) is 2.72. The number of carbonyl (C=O) groups is 1. The smallest absolute Gasteiger partial charge is 0.404 e. The second kappa shape index (κ2) is 5.85. The van der Waals surface area contributed by atoms with Crippen molar-refractivity contribution < 1.29 is 14.1 Å². The maximum absolute atomic E-state index is 11.7. The first-order chi connectivity index (χ1) is 11.8. The predicted molar refractivity (Wildman–Crippen MR) is 97.9 cm³/mol. The van der Waals surface area contributed by atoms with E-state index in [0.29, 0.717) is 17.8 Å². The van der Waals surface area contributed by atoms with E-state index in [0.717, 1.165) is 12.3 Å². The molecule has 5 heteroatoms. The van der Waals surface area contributed by atoms with Crippen LogP contribution in [-0.2, 0) is 20.5 Å². The lowest BCUT2D eigenvalue weighted by Crippen LogP contribution is -2.65. The summed E-state index contributed by atoms with van der Waals surface area (Å²) in [6, 6.07) is 10.2. The number of nitrogens with one attached hydrogen (secondary N) is 1. The van der Waals surface area contributed by atoms with Crippen molar-refractivity contribution >= 4 is 13.0 Å². The van der Waals surface area contributed by atoms with Gasteiger partial charge in [-0.15, -0.1) is 0 Å². The lowest BCUT2D eigenvalue weighted by atomic mass is 9.43. The number of hydrogen-bond donors (Lipinski definition) is 1. The van der Waals surface area contributed by atoms with Gasteiger partial charge in [-0.25, -0.2) is 0 Å². The second-order valence-electron chi connectivity index (χ2n) is 8.83. The molecule has 1 aliphatic heterocycles. The van der Waals surface area contributed by atoms with Crippen LogP contribution in [0.2, 0.25) is 0 Å². The molecule has 1 aromatic carbocycles. The Hall–Kier alpha value is -1.33. The van der Waals surface area contributed by atoms with Gasteiger partial charge in [-0.2, -0.15) is 0 Å². The van der Waals surface area contributed by atoms with Gasteiger partial charge in [-0.05, 0) is 49.0 Å². The van der Waals surface area contributed by atoms with Gasteiger partial charge < -0.3 is 14.6 Å². The van der Waals surface area contributed by atoms with Gasteiger partial charge in [0.2, 0.25) is 5.91 Å². The van der Waals surface area contributed by atoms with Gasteiger partial charge in [0.25, 0.3) is 0 Å². The molecule has 0 unspecified atom stereocenters. The molecule has 3 aliphatic carbocycles. The van der Waals surface area contributed by atoms with Crippen molar-refractivity contribution in [3.63, 3.8) is 0 Å². The van der Waals surface area contributed by atoms with Crippen LogP contribution >= 0.6 is 0 Å². The summed E-state index contributed by atoms with van der Waals surface area (Å²) in [5, 5.41) is 3.06.